The molecular formula is C11H12BrF2N3O2. The van der Waals surface area contributed by atoms with E-state index < -0.39 is 28.6 Å². The van der Waals surface area contributed by atoms with Gasteiger partial charge in [0.2, 0.25) is 0 Å². The zero-order valence-corrected chi connectivity index (χ0v) is 11.8. The standard InChI is InChI=1S/C11H12BrF2N3O2/c1-11(2,10(15)17-19)16-9(18)8-6(13)3-5(12)4-7(8)14/h3-4,19H,1-2H3,(H2,15,17)(H,16,18). The fraction of sp³-hybridized carbons (Fsp3) is 0.273. The lowest BCUT2D eigenvalue weighted by molar-refractivity contribution is 0.0922. The summed E-state index contributed by atoms with van der Waals surface area (Å²) in [5.41, 5.74) is 3.38. The van der Waals surface area contributed by atoms with E-state index >= 15 is 0 Å². The van der Waals surface area contributed by atoms with Crippen LogP contribution in [-0.4, -0.2) is 22.5 Å². The first kappa shape index (κ1) is 15.4. The number of carbonyl (C=O) groups is 1. The number of oxime groups is 1. The van der Waals surface area contributed by atoms with Gasteiger partial charge < -0.3 is 16.3 Å². The number of rotatable bonds is 3. The normalized spacial score (nSPS) is 12.4. The van der Waals surface area contributed by atoms with Gasteiger partial charge in [0.25, 0.3) is 5.91 Å². The molecule has 5 nitrogen and oxygen atoms in total. The van der Waals surface area contributed by atoms with Crippen molar-refractivity contribution >= 4 is 27.7 Å². The van der Waals surface area contributed by atoms with Crippen LogP contribution in [0, 0.1) is 11.6 Å². The molecule has 1 aromatic rings. The minimum atomic E-state index is -1.25. The smallest absolute Gasteiger partial charge is 0.258 e. The second-order valence-electron chi connectivity index (χ2n) is 4.31. The van der Waals surface area contributed by atoms with Gasteiger partial charge in [0.05, 0.1) is 5.54 Å². The lowest BCUT2D eigenvalue weighted by Gasteiger charge is -2.24. The zero-order chi connectivity index (χ0) is 14.8. The number of benzene rings is 1. The Bertz CT molecular complexity index is 524. The van der Waals surface area contributed by atoms with E-state index in [1.807, 2.05) is 0 Å². The molecule has 0 saturated carbocycles. The van der Waals surface area contributed by atoms with Crippen molar-refractivity contribution in [3.8, 4) is 0 Å². The highest BCUT2D eigenvalue weighted by Crippen LogP contribution is 2.20. The molecule has 1 aromatic carbocycles. The molecule has 0 aliphatic rings. The summed E-state index contributed by atoms with van der Waals surface area (Å²) < 4.78 is 27.3. The lowest BCUT2D eigenvalue weighted by atomic mass is 10.0. The van der Waals surface area contributed by atoms with E-state index in [1.54, 1.807) is 0 Å². The number of hydrogen-bond acceptors (Lipinski definition) is 3. The molecular weight excluding hydrogens is 324 g/mol. The van der Waals surface area contributed by atoms with E-state index in [0.717, 1.165) is 12.1 Å². The van der Waals surface area contributed by atoms with Gasteiger partial charge in [-0.15, -0.1) is 0 Å². The van der Waals surface area contributed by atoms with Crippen molar-refractivity contribution in [1.82, 2.24) is 5.32 Å². The molecule has 8 heteroatoms. The van der Waals surface area contributed by atoms with Gasteiger partial charge >= 0.3 is 0 Å². The van der Waals surface area contributed by atoms with E-state index in [4.69, 9.17) is 10.9 Å². The Morgan fingerprint density at radius 3 is 2.32 bits per heavy atom. The molecule has 1 rings (SSSR count). The molecule has 104 valence electrons. The lowest BCUT2D eigenvalue weighted by Crippen LogP contribution is -2.53. The van der Waals surface area contributed by atoms with E-state index in [0.29, 0.717) is 0 Å². The number of nitrogens with zero attached hydrogens (tertiary/aromatic N) is 1. The van der Waals surface area contributed by atoms with Crippen LogP contribution in [0.2, 0.25) is 0 Å². The minimum absolute atomic E-state index is 0.176. The fourth-order valence-corrected chi connectivity index (χ4v) is 1.70. The van der Waals surface area contributed by atoms with Gasteiger partial charge in [0.15, 0.2) is 5.84 Å². The number of amidine groups is 1. The van der Waals surface area contributed by atoms with Crippen LogP contribution in [0.15, 0.2) is 21.8 Å². The van der Waals surface area contributed by atoms with Gasteiger partial charge in [-0.25, -0.2) is 8.78 Å². The molecule has 0 unspecified atom stereocenters. The monoisotopic (exact) mass is 335 g/mol. The summed E-state index contributed by atoms with van der Waals surface area (Å²) in [5, 5.41) is 13.6. The highest BCUT2D eigenvalue weighted by molar-refractivity contribution is 9.10. The fourth-order valence-electron chi connectivity index (χ4n) is 1.29. The van der Waals surface area contributed by atoms with E-state index in [1.165, 1.54) is 13.8 Å². The van der Waals surface area contributed by atoms with Crippen molar-refractivity contribution in [2.75, 3.05) is 0 Å². The van der Waals surface area contributed by atoms with Gasteiger partial charge in [0.1, 0.15) is 17.2 Å². The van der Waals surface area contributed by atoms with Crippen LogP contribution in [0.4, 0.5) is 8.78 Å². The van der Waals surface area contributed by atoms with Crippen molar-refractivity contribution < 1.29 is 18.8 Å². The Kier molecular flexibility index (Phi) is 4.46. The van der Waals surface area contributed by atoms with E-state index in [9.17, 15) is 13.6 Å². The molecule has 0 spiro atoms. The summed E-state index contributed by atoms with van der Waals surface area (Å²) in [6.07, 6.45) is 0. The number of carbonyl (C=O) groups excluding carboxylic acids is 1. The van der Waals surface area contributed by atoms with Crippen LogP contribution in [0.25, 0.3) is 0 Å². The van der Waals surface area contributed by atoms with Crippen molar-refractivity contribution in [3.05, 3.63) is 33.8 Å². The van der Waals surface area contributed by atoms with Crippen LogP contribution in [-0.2, 0) is 0 Å². The summed E-state index contributed by atoms with van der Waals surface area (Å²) in [4.78, 5) is 11.8. The molecule has 0 aliphatic heterocycles. The summed E-state index contributed by atoms with van der Waals surface area (Å²) in [5.74, 6) is -3.32. The summed E-state index contributed by atoms with van der Waals surface area (Å²) >= 11 is 2.91. The second kappa shape index (κ2) is 5.52. The highest BCUT2D eigenvalue weighted by Gasteiger charge is 2.29. The van der Waals surface area contributed by atoms with Crippen LogP contribution in [0.5, 0.6) is 0 Å². The first-order valence-corrected chi connectivity index (χ1v) is 5.93. The van der Waals surface area contributed by atoms with Crippen LogP contribution < -0.4 is 11.1 Å². The molecule has 0 atom stereocenters. The Hall–Kier alpha value is -1.70. The van der Waals surface area contributed by atoms with E-state index in [2.05, 4.69) is 26.4 Å². The minimum Gasteiger partial charge on any atom is -0.409 e. The molecule has 0 aromatic heterocycles. The number of halogens is 3. The summed E-state index contributed by atoms with van der Waals surface area (Å²) in [6, 6.07) is 1.93. The Morgan fingerprint density at radius 2 is 1.89 bits per heavy atom. The van der Waals surface area contributed by atoms with E-state index in [-0.39, 0.29) is 10.3 Å². The largest absolute Gasteiger partial charge is 0.409 e. The second-order valence-corrected chi connectivity index (χ2v) is 5.22. The average molecular weight is 336 g/mol. The maximum Gasteiger partial charge on any atom is 0.258 e. The first-order valence-electron chi connectivity index (χ1n) is 5.14. The Morgan fingerprint density at radius 1 is 1.42 bits per heavy atom. The maximum absolute atomic E-state index is 13.6. The summed E-state index contributed by atoms with van der Waals surface area (Å²) in [6.45, 7) is 2.85. The third-order valence-corrected chi connectivity index (χ3v) is 2.87. The third kappa shape index (κ3) is 3.40. The molecule has 0 bridgehead atoms. The Labute approximate surface area is 116 Å². The Balaban J connectivity index is 3.10. The van der Waals surface area contributed by atoms with Gasteiger partial charge in [0, 0.05) is 4.47 Å². The SMILES string of the molecule is CC(C)(NC(=O)c1c(F)cc(Br)cc1F)C(N)=NO. The van der Waals surface area contributed by atoms with Crippen LogP contribution in [0.1, 0.15) is 24.2 Å². The van der Waals surface area contributed by atoms with Crippen molar-refractivity contribution in [2.24, 2.45) is 10.9 Å². The number of nitrogens with two attached hydrogens (primary N) is 1. The third-order valence-electron chi connectivity index (χ3n) is 2.41. The topological polar surface area (TPSA) is 87.7 Å². The van der Waals surface area contributed by atoms with Crippen LogP contribution in [0.3, 0.4) is 0 Å². The molecule has 0 saturated heterocycles. The average Bonchev–Trinajstić information content (AvgIpc) is 2.25. The molecule has 0 radical (unpaired) electrons. The van der Waals surface area contributed by atoms with Crippen molar-refractivity contribution in [1.29, 1.82) is 0 Å². The quantitative estimate of drug-likeness (QED) is 0.341. The predicted octanol–water partition coefficient (Wildman–Crippen LogP) is 1.98. The number of nitrogens with one attached hydrogen (secondary N) is 1. The van der Waals surface area contributed by atoms with Gasteiger partial charge in [-0.05, 0) is 26.0 Å². The number of amides is 1. The highest BCUT2D eigenvalue weighted by atomic mass is 79.9. The van der Waals surface area contributed by atoms with Gasteiger partial charge in [-0.2, -0.15) is 0 Å². The zero-order valence-electron chi connectivity index (χ0n) is 10.2. The maximum atomic E-state index is 13.6. The first-order chi connectivity index (χ1) is 8.69. The summed E-state index contributed by atoms with van der Waals surface area (Å²) in [7, 11) is 0. The van der Waals surface area contributed by atoms with Crippen molar-refractivity contribution in [2.45, 2.75) is 19.4 Å². The van der Waals surface area contributed by atoms with Gasteiger partial charge in [-0.1, -0.05) is 21.1 Å². The number of hydrogen-bond donors (Lipinski definition) is 3. The molecule has 0 fully saturated rings. The molecule has 19 heavy (non-hydrogen) atoms. The molecule has 0 heterocycles. The van der Waals surface area contributed by atoms with Gasteiger partial charge in [-0.3, -0.25) is 4.79 Å². The van der Waals surface area contributed by atoms with Crippen molar-refractivity contribution in [3.63, 3.8) is 0 Å². The molecule has 1 amide bonds. The molecule has 0 aliphatic carbocycles. The van der Waals surface area contributed by atoms with Crippen LogP contribution >= 0.6 is 15.9 Å². The molecule has 4 N–H and O–H groups in total. The predicted molar refractivity (Wildman–Crippen MR) is 69.0 cm³/mol.